The molecule has 232 valence electrons. The van der Waals surface area contributed by atoms with Crippen LogP contribution < -0.4 is 4.74 Å². The molecule has 15 nitrogen and oxygen atoms in total. The maximum absolute atomic E-state index is 13.3. The number of ether oxygens (including phenoxy) is 5. The van der Waals surface area contributed by atoms with Gasteiger partial charge in [0.05, 0.1) is 12.2 Å². The molecular formula is C28H30O15. The Balaban J connectivity index is 1.50. The van der Waals surface area contributed by atoms with E-state index in [1.807, 2.05) is 0 Å². The van der Waals surface area contributed by atoms with Gasteiger partial charge in [-0.1, -0.05) is 0 Å². The molecule has 7 N–H and O–H groups in total. The lowest BCUT2D eigenvalue weighted by molar-refractivity contribution is -0.345. The Kier molecular flexibility index (Phi) is 8.43. The van der Waals surface area contributed by atoms with Gasteiger partial charge in [0, 0.05) is 29.2 Å². The van der Waals surface area contributed by atoms with E-state index in [1.54, 1.807) is 0 Å². The zero-order valence-corrected chi connectivity index (χ0v) is 22.8. The van der Waals surface area contributed by atoms with Crippen molar-refractivity contribution in [3.8, 4) is 17.2 Å². The Morgan fingerprint density at radius 3 is 2.33 bits per heavy atom. The number of aliphatic hydroxyl groups excluding tert-OH is 5. The summed E-state index contributed by atoms with van der Waals surface area (Å²) in [6.07, 6.45) is -14.8. The normalized spacial score (nSPS) is 32.1. The molecule has 0 saturated carbocycles. The largest absolute Gasteiger partial charge is 0.508 e. The average molecular weight is 607 g/mol. The molecule has 9 atom stereocenters. The summed E-state index contributed by atoms with van der Waals surface area (Å²) in [5.74, 6) is -3.14. The van der Waals surface area contributed by atoms with E-state index in [-0.39, 0.29) is 39.3 Å². The van der Waals surface area contributed by atoms with Gasteiger partial charge in [-0.25, -0.2) is 0 Å². The third-order valence-corrected chi connectivity index (χ3v) is 7.55. The minimum absolute atomic E-state index is 0.0193. The Bertz CT molecular complexity index is 1440. The van der Waals surface area contributed by atoms with Crippen molar-refractivity contribution in [2.24, 2.45) is 0 Å². The number of carbonyl (C=O) groups is 3. The highest BCUT2D eigenvalue weighted by atomic mass is 16.8. The first-order chi connectivity index (χ1) is 20.3. The molecule has 2 fully saturated rings. The number of hydrogen-bond acceptors (Lipinski definition) is 15. The van der Waals surface area contributed by atoms with Crippen LogP contribution in [0.3, 0.4) is 0 Å². The monoisotopic (exact) mass is 606 g/mol. The van der Waals surface area contributed by atoms with Crippen LogP contribution in [0.2, 0.25) is 0 Å². The molecule has 1 aliphatic carbocycles. The maximum atomic E-state index is 13.3. The fraction of sp³-hybridized carbons (Fsp3) is 0.464. The summed E-state index contributed by atoms with van der Waals surface area (Å²) >= 11 is 0. The average Bonchev–Trinajstić information content (AvgIpc) is 2.96. The topological polar surface area (TPSA) is 239 Å². The van der Waals surface area contributed by atoms with Crippen molar-refractivity contribution in [3.63, 3.8) is 0 Å². The van der Waals surface area contributed by atoms with Crippen molar-refractivity contribution in [2.45, 2.75) is 69.2 Å². The molecule has 0 spiro atoms. The van der Waals surface area contributed by atoms with Crippen molar-refractivity contribution in [3.05, 3.63) is 52.1 Å². The number of phenols is 2. The molecule has 0 bridgehead atoms. The molecule has 2 saturated heterocycles. The van der Waals surface area contributed by atoms with E-state index in [9.17, 15) is 50.1 Å². The lowest BCUT2D eigenvalue weighted by atomic mass is 9.82. The van der Waals surface area contributed by atoms with E-state index in [2.05, 4.69) is 0 Å². The minimum atomic E-state index is -1.83. The van der Waals surface area contributed by atoms with Crippen LogP contribution in [0.4, 0.5) is 0 Å². The molecule has 0 aromatic heterocycles. The predicted octanol–water partition coefficient (Wildman–Crippen LogP) is -1.61. The van der Waals surface area contributed by atoms with Crippen molar-refractivity contribution in [2.75, 3.05) is 13.2 Å². The Morgan fingerprint density at radius 2 is 1.63 bits per heavy atom. The Hall–Kier alpha value is -3.67. The van der Waals surface area contributed by atoms with Gasteiger partial charge in [0.2, 0.25) is 6.29 Å². The van der Waals surface area contributed by atoms with Gasteiger partial charge in [0.1, 0.15) is 60.5 Å². The molecular weight excluding hydrogens is 576 g/mol. The van der Waals surface area contributed by atoms with E-state index in [0.29, 0.717) is 0 Å². The fourth-order valence-electron chi connectivity index (χ4n) is 5.13. The van der Waals surface area contributed by atoms with Gasteiger partial charge in [-0.05, 0) is 31.2 Å². The van der Waals surface area contributed by atoms with E-state index >= 15 is 0 Å². The van der Waals surface area contributed by atoms with Crippen LogP contribution in [-0.4, -0.2) is 122 Å². The van der Waals surface area contributed by atoms with Crippen molar-refractivity contribution >= 4 is 17.5 Å². The van der Waals surface area contributed by atoms with Crippen LogP contribution in [-0.2, 0) is 23.7 Å². The molecule has 43 heavy (non-hydrogen) atoms. The summed E-state index contributed by atoms with van der Waals surface area (Å²) < 4.78 is 27.5. The number of esters is 1. The molecule has 0 unspecified atom stereocenters. The van der Waals surface area contributed by atoms with E-state index in [4.69, 9.17) is 23.7 Å². The lowest BCUT2D eigenvalue weighted by Gasteiger charge is -2.44. The number of carbonyl (C=O) groups excluding carboxylic acids is 3. The number of ketones is 2. The summed E-state index contributed by atoms with van der Waals surface area (Å²) in [5.41, 5.74) is -0.693. The Morgan fingerprint density at radius 1 is 0.907 bits per heavy atom. The van der Waals surface area contributed by atoms with Crippen LogP contribution in [0.15, 0.2) is 24.3 Å². The first-order valence-corrected chi connectivity index (χ1v) is 13.2. The summed E-state index contributed by atoms with van der Waals surface area (Å²) in [6, 6.07) is 4.76. The molecule has 2 heterocycles. The van der Waals surface area contributed by atoms with Crippen LogP contribution >= 0.6 is 0 Å². The highest BCUT2D eigenvalue weighted by molar-refractivity contribution is 6.29. The highest BCUT2D eigenvalue weighted by Gasteiger charge is 2.50. The number of rotatable bonds is 6. The highest BCUT2D eigenvalue weighted by Crippen LogP contribution is 2.41. The molecule has 2 aromatic carbocycles. The zero-order chi connectivity index (χ0) is 31.3. The van der Waals surface area contributed by atoms with Crippen LogP contribution in [0.25, 0.3) is 0 Å². The zero-order valence-electron chi connectivity index (χ0n) is 22.8. The number of aromatic hydroxyl groups is 2. The summed E-state index contributed by atoms with van der Waals surface area (Å²) in [7, 11) is 0. The van der Waals surface area contributed by atoms with Gasteiger partial charge in [-0.3, -0.25) is 14.4 Å². The molecule has 3 aliphatic rings. The van der Waals surface area contributed by atoms with Gasteiger partial charge in [-0.2, -0.15) is 0 Å². The first kappa shape index (κ1) is 30.8. The van der Waals surface area contributed by atoms with E-state index in [1.165, 1.54) is 19.1 Å². The van der Waals surface area contributed by atoms with Gasteiger partial charge in [0.15, 0.2) is 24.0 Å². The third kappa shape index (κ3) is 5.57. The predicted molar refractivity (Wildman–Crippen MR) is 138 cm³/mol. The SMILES string of the molecule is CC(=O)OC[C@H]1O[C@@H](Oc2cc3c(c(O)c2C)C(=O)c2ccc(O)cc2C3=O)[C@H](O[C@@H]2OC[C@@H](O)[C@H](O)[C@H]2O)[C@@H](O)[C@@H]1O. The molecule has 2 aliphatic heterocycles. The van der Waals surface area contributed by atoms with Crippen molar-refractivity contribution < 1.29 is 73.8 Å². The number of hydrogen-bond donors (Lipinski definition) is 7. The first-order valence-electron chi connectivity index (χ1n) is 13.2. The fourth-order valence-corrected chi connectivity index (χ4v) is 5.13. The molecule has 0 radical (unpaired) electrons. The molecule has 15 heteroatoms. The standard InChI is InChI=1S/C28H30O15/c1-9-16(6-14-18(19(9)32)21(34)12-4-3-11(30)5-13(12)20(14)33)41-28-26(43-27-25(38)22(35)15(31)7-40-27)24(37)23(36)17(42-28)8-39-10(2)29/h3-6,15,17,22-28,30-32,35-38H,7-8H2,1-2H3/t15-,17-,22+,23-,24+,25-,26-,27+,28-/m1/s1. The smallest absolute Gasteiger partial charge is 0.302 e. The van der Waals surface area contributed by atoms with Crippen LogP contribution in [0.1, 0.15) is 44.3 Å². The van der Waals surface area contributed by atoms with Crippen molar-refractivity contribution in [1.29, 1.82) is 0 Å². The van der Waals surface area contributed by atoms with Crippen LogP contribution in [0, 0.1) is 6.92 Å². The van der Waals surface area contributed by atoms with Gasteiger partial charge >= 0.3 is 5.97 Å². The maximum Gasteiger partial charge on any atom is 0.302 e. The summed E-state index contributed by atoms with van der Waals surface area (Å²) in [4.78, 5) is 37.9. The minimum Gasteiger partial charge on any atom is -0.508 e. The number of phenolic OH excluding ortho intramolecular Hbond substituents is 2. The second-order valence-corrected chi connectivity index (χ2v) is 10.5. The third-order valence-electron chi connectivity index (χ3n) is 7.55. The molecule has 0 amide bonds. The van der Waals surface area contributed by atoms with Crippen LogP contribution in [0.5, 0.6) is 17.2 Å². The number of aliphatic hydroxyl groups is 5. The van der Waals surface area contributed by atoms with Crippen molar-refractivity contribution in [1.82, 2.24) is 0 Å². The van der Waals surface area contributed by atoms with Gasteiger partial charge in [0.25, 0.3) is 0 Å². The van der Waals surface area contributed by atoms with Gasteiger partial charge < -0.3 is 59.4 Å². The molecule has 2 aromatic rings. The number of benzene rings is 2. The quantitative estimate of drug-likeness (QED) is 0.156. The Labute approximate surface area is 243 Å². The second kappa shape index (κ2) is 11.8. The summed E-state index contributed by atoms with van der Waals surface area (Å²) in [6.45, 7) is 1.53. The van der Waals surface area contributed by atoms with E-state index < -0.39 is 91.8 Å². The van der Waals surface area contributed by atoms with Gasteiger partial charge in [-0.15, -0.1) is 0 Å². The second-order valence-electron chi connectivity index (χ2n) is 10.5. The lowest BCUT2D eigenvalue weighted by Crippen LogP contribution is -2.64. The van der Waals surface area contributed by atoms with E-state index in [0.717, 1.165) is 19.1 Å². The summed E-state index contributed by atoms with van der Waals surface area (Å²) in [5, 5.41) is 72.7. The molecule has 5 rings (SSSR count). The number of fused-ring (bicyclic) bond motifs is 2.